The van der Waals surface area contributed by atoms with Gasteiger partial charge in [0.05, 0.1) is 0 Å². The van der Waals surface area contributed by atoms with Crippen molar-refractivity contribution in [3.63, 3.8) is 0 Å². The summed E-state index contributed by atoms with van der Waals surface area (Å²) in [5.41, 5.74) is 0. The molecule has 0 unspecified atom stereocenters. The first kappa shape index (κ1) is 6.46. The molecule has 0 atom stereocenters. The van der Waals surface area contributed by atoms with Gasteiger partial charge in [-0.15, -0.1) is 0 Å². The van der Waals surface area contributed by atoms with E-state index in [1.807, 2.05) is 0 Å². The minimum Gasteiger partial charge on any atom is -0.481 e. The maximum absolute atomic E-state index is 8.60. The highest BCUT2D eigenvalue weighted by Gasteiger charge is 2.15. The molecule has 0 bridgehead atoms. The second-order valence-electron chi connectivity index (χ2n) is 2.42. The third kappa shape index (κ3) is 1.96. The molecule has 0 aromatic carbocycles. The van der Waals surface area contributed by atoms with E-state index in [4.69, 9.17) is 9.84 Å². The van der Waals surface area contributed by atoms with Gasteiger partial charge in [-0.3, -0.25) is 0 Å². The lowest BCUT2D eigenvalue weighted by Crippen LogP contribution is -2.05. The molecule has 1 rings (SSSR count). The van der Waals surface area contributed by atoms with Crippen LogP contribution in [0, 0.1) is 0 Å². The van der Waals surface area contributed by atoms with Crippen molar-refractivity contribution in [2.24, 2.45) is 0 Å². The van der Waals surface area contributed by atoms with Crippen molar-refractivity contribution in [1.29, 1.82) is 0 Å². The van der Waals surface area contributed by atoms with Crippen LogP contribution in [0.2, 0.25) is 0 Å². The van der Waals surface area contributed by atoms with E-state index in [9.17, 15) is 0 Å². The molecular formula is C7H12O2. The average molecular weight is 128 g/mol. The van der Waals surface area contributed by atoms with Crippen LogP contribution < -0.4 is 0 Å². The Hall–Kier alpha value is -0.660. The molecule has 1 fully saturated rings. The van der Waals surface area contributed by atoms with E-state index in [2.05, 4.69) is 6.58 Å². The van der Waals surface area contributed by atoms with Crippen LogP contribution in [0.4, 0.5) is 0 Å². The Kier molecular flexibility index (Phi) is 1.98. The van der Waals surface area contributed by atoms with Gasteiger partial charge >= 0.3 is 0 Å². The lowest BCUT2D eigenvalue weighted by Gasteiger charge is -2.09. The minimum absolute atomic E-state index is 0.137. The number of aliphatic hydroxyl groups is 1. The smallest absolute Gasteiger partial charge is 0.269 e. The van der Waals surface area contributed by atoms with Gasteiger partial charge in [-0.1, -0.05) is 0 Å². The summed E-state index contributed by atoms with van der Waals surface area (Å²) >= 11 is 0. The summed E-state index contributed by atoms with van der Waals surface area (Å²) in [5, 5.41) is 8.60. The third-order valence-corrected chi connectivity index (χ3v) is 1.60. The summed E-state index contributed by atoms with van der Waals surface area (Å²) in [6.45, 7) is 3.25. The van der Waals surface area contributed by atoms with Gasteiger partial charge in [0.15, 0.2) is 0 Å². The van der Waals surface area contributed by atoms with Crippen LogP contribution in [0.5, 0.6) is 0 Å². The first-order valence-corrected chi connectivity index (χ1v) is 3.33. The predicted octanol–water partition coefficient (Wildman–Crippen LogP) is 1.97. The summed E-state index contributed by atoms with van der Waals surface area (Å²) in [6.07, 6.45) is 4.82. The van der Waals surface area contributed by atoms with Gasteiger partial charge in [0, 0.05) is 0 Å². The topological polar surface area (TPSA) is 29.5 Å². The number of hydrogen-bond acceptors (Lipinski definition) is 2. The molecular weight excluding hydrogens is 116 g/mol. The van der Waals surface area contributed by atoms with Gasteiger partial charge in [-0.2, -0.15) is 0 Å². The lowest BCUT2D eigenvalue weighted by atomic mass is 10.3. The normalized spacial score (nSPS) is 20.0. The average Bonchev–Trinajstić information content (AvgIpc) is 2.15. The van der Waals surface area contributed by atoms with Crippen molar-refractivity contribution in [2.75, 3.05) is 0 Å². The SMILES string of the molecule is C=C(O)OC1CCCC1. The summed E-state index contributed by atoms with van der Waals surface area (Å²) in [6, 6.07) is 0. The fourth-order valence-electron chi connectivity index (χ4n) is 1.20. The van der Waals surface area contributed by atoms with Crippen LogP contribution in [0.1, 0.15) is 25.7 Å². The van der Waals surface area contributed by atoms with Gasteiger partial charge in [-0.25, -0.2) is 0 Å². The second kappa shape index (κ2) is 2.76. The third-order valence-electron chi connectivity index (χ3n) is 1.60. The summed E-state index contributed by atoms with van der Waals surface area (Å²) in [7, 11) is 0. The van der Waals surface area contributed by atoms with Crippen molar-refractivity contribution in [2.45, 2.75) is 31.8 Å². The molecule has 2 nitrogen and oxygen atoms in total. The molecule has 9 heavy (non-hydrogen) atoms. The number of ether oxygens (including phenoxy) is 1. The van der Waals surface area contributed by atoms with Crippen molar-refractivity contribution < 1.29 is 9.84 Å². The zero-order valence-corrected chi connectivity index (χ0v) is 5.47. The molecule has 2 heteroatoms. The largest absolute Gasteiger partial charge is 0.481 e. The monoisotopic (exact) mass is 128 g/mol. The molecule has 0 amide bonds. The Morgan fingerprint density at radius 3 is 2.44 bits per heavy atom. The van der Waals surface area contributed by atoms with E-state index in [0.29, 0.717) is 0 Å². The maximum Gasteiger partial charge on any atom is 0.269 e. The number of hydrogen-bond donors (Lipinski definition) is 1. The van der Waals surface area contributed by atoms with Crippen LogP contribution >= 0.6 is 0 Å². The summed E-state index contributed by atoms with van der Waals surface area (Å²) in [5.74, 6) is -0.137. The molecule has 0 saturated heterocycles. The molecule has 1 aliphatic rings. The van der Waals surface area contributed by atoms with Crippen LogP contribution in [-0.2, 0) is 4.74 Å². The first-order chi connectivity index (χ1) is 4.29. The van der Waals surface area contributed by atoms with E-state index in [1.165, 1.54) is 12.8 Å². The van der Waals surface area contributed by atoms with Crippen LogP contribution in [-0.4, -0.2) is 11.2 Å². The van der Waals surface area contributed by atoms with Gasteiger partial charge in [-0.05, 0) is 32.3 Å². The van der Waals surface area contributed by atoms with Crippen molar-refractivity contribution >= 4 is 0 Å². The number of rotatable bonds is 2. The van der Waals surface area contributed by atoms with Crippen molar-refractivity contribution in [3.05, 3.63) is 12.5 Å². The van der Waals surface area contributed by atoms with E-state index in [-0.39, 0.29) is 12.0 Å². The quantitative estimate of drug-likeness (QED) is 0.576. The van der Waals surface area contributed by atoms with Crippen LogP contribution in [0.15, 0.2) is 12.5 Å². The highest BCUT2D eigenvalue weighted by atomic mass is 16.6. The Morgan fingerprint density at radius 2 is 2.00 bits per heavy atom. The van der Waals surface area contributed by atoms with Crippen LogP contribution in [0.25, 0.3) is 0 Å². The van der Waals surface area contributed by atoms with E-state index >= 15 is 0 Å². The Bertz CT molecular complexity index is 103. The van der Waals surface area contributed by atoms with E-state index < -0.39 is 0 Å². The molecule has 1 saturated carbocycles. The van der Waals surface area contributed by atoms with Gasteiger partial charge in [0.2, 0.25) is 0 Å². The van der Waals surface area contributed by atoms with Gasteiger partial charge in [0.25, 0.3) is 5.95 Å². The highest BCUT2D eigenvalue weighted by Crippen LogP contribution is 2.21. The van der Waals surface area contributed by atoms with Gasteiger partial charge < -0.3 is 9.84 Å². The van der Waals surface area contributed by atoms with Crippen molar-refractivity contribution in [1.82, 2.24) is 0 Å². The molecule has 0 spiro atoms. The molecule has 1 N–H and O–H groups in total. The molecule has 0 aromatic heterocycles. The predicted molar refractivity (Wildman–Crippen MR) is 35.1 cm³/mol. The molecule has 0 aromatic rings. The molecule has 0 heterocycles. The highest BCUT2D eigenvalue weighted by molar-refractivity contribution is 4.73. The fourth-order valence-corrected chi connectivity index (χ4v) is 1.20. The zero-order valence-electron chi connectivity index (χ0n) is 5.47. The van der Waals surface area contributed by atoms with Crippen molar-refractivity contribution in [3.8, 4) is 0 Å². The Labute approximate surface area is 55.1 Å². The molecule has 0 radical (unpaired) electrons. The number of aliphatic hydroxyl groups excluding tert-OH is 1. The summed E-state index contributed by atoms with van der Waals surface area (Å²) < 4.78 is 4.97. The van der Waals surface area contributed by atoms with E-state index in [1.54, 1.807) is 0 Å². The lowest BCUT2D eigenvalue weighted by molar-refractivity contribution is 0.0380. The van der Waals surface area contributed by atoms with Crippen LogP contribution in [0.3, 0.4) is 0 Å². The first-order valence-electron chi connectivity index (χ1n) is 3.33. The molecule has 52 valence electrons. The van der Waals surface area contributed by atoms with Gasteiger partial charge in [0.1, 0.15) is 6.10 Å². The minimum atomic E-state index is -0.137. The van der Waals surface area contributed by atoms with E-state index in [0.717, 1.165) is 12.8 Å². The Morgan fingerprint density at radius 1 is 1.44 bits per heavy atom. The summed E-state index contributed by atoms with van der Waals surface area (Å²) in [4.78, 5) is 0. The second-order valence-corrected chi connectivity index (χ2v) is 2.42. The maximum atomic E-state index is 8.60. The molecule has 1 aliphatic carbocycles. The Balaban J connectivity index is 2.19. The standard InChI is InChI=1S/C7H12O2/c1-6(8)9-7-4-2-3-5-7/h7-8H,1-5H2. The zero-order chi connectivity index (χ0) is 6.69. The fraction of sp³-hybridized carbons (Fsp3) is 0.714. The molecule has 0 aliphatic heterocycles.